The number of unbranched alkanes of at least 4 members (excludes halogenated alkanes) is 3. The first-order valence-corrected chi connectivity index (χ1v) is 9.91. The highest BCUT2D eigenvalue weighted by Gasteiger charge is 2.17. The fraction of sp³-hybridized carbons (Fsp3) is 0.696. The predicted molar refractivity (Wildman–Crippen MR) is 107 cm³/mol. The van der Waals surface area contributed by atoms with Gasteiger partial charge in [0, 0.05) is 0 Å². The van der Waals surface area contributed by atoms with Crippen LogP contribution in [0.5, 0.6) is 0 Å². The van der Waals surface area contributed by atoms with E-state index in [0.29, 0.717) is 11.9 Å². The number of ether oxygens (including phenoxy) is 1. The molecule has 1 rings (SSSR count). The van der Waals surface area contributed by atoms with Crippen LogP contribution in [0.1, 0.15) is 90.7 Å². The first kappa shape index (κ1) is 21.7. The van der Waals surface area contributed by atoms with Crippen molar-refractivity contribution in [2.45, 2.75) is 98.0 Å². The minimum atomic E-state index is -0.337. The van der Waals surface area contributed by atoms with Crippen LogP contribution in [0.2, 0.25) is 0 Å². The van der Waals surface area contributed by atoms with Crippen molar-refractivity contribution in [1.82, 2.24) is 0 Å². The van der Waals surface area contributed by atoms with E-state index in [-0.39, 0.29) is 5.60 Å². The molecule has 0 aromatic heterocycles. The third-order valence-corrected chi connectivity index (χ3v) is 4.75. The van der Waals surface area contributed by atoms with E-state index < -0.39 is 0 Å². The lowest BCUT2D eigenvalue weighted by atomic mass is 9.89. The Morgan fingerprint density at radius 1 is 0.840 bits per heavy atom. The van der Waals surface area contributed by atoms with Crippen molar-refractivity contribution in [2.24, 2.45) is 5.41 Å². The lowest BCUT2D eigenvalue weighted by Crippen LogP contribution is -2.23. The lowest BCUT2D eigenvalue weighted by Gasteiger charge is -2.22. The van der Waals surface area contributed by atoms with Crippen LogP contribution < -0.4 is 0 Å². The molecule has 0 aliphatic carbocycles. The van der Waals surface area contributed by atoms with Gasteiger partial charge in [0.25, 0.3) is 6.47 Å². The number of aryl methyl sites for hydroxylation is 2. The van der Waals surface area contributed by atoms with E-state index in [1.807, 2.05) is 13.8 Å². The zero-order chi connectivity index (χ0) is 18.8. The summed E-state index contributed by atoms with van der Waals surface area (Å²) in [6.07, 6.45) is 10.7. The van der Waals surface area contributed by atoms with Crippen LogP contribution in [-0.4, -0.2) is 12.1 Å². The van der Waals surface area contributed by atoms with Crippen molar-refractivity contribution in [3.05, 3.63) is 35.4 Å². The van der Waals surface area contributed by atoms with E-state index in [4.69, 9.17) is 4.74 Å². The number of hydrogen-bond acceptors (Lipinski definition) is 2. The molecule has 0 N–H and O–H groups in total. The Bertz CT molecular complexity index is 497. The van der Waals surface area contributed by atoms with E-state index in [1.165, 1.54) is 43.2 Å². The molecule has 1 aromatic rings. The Balaban J connectivity index is 2.27. The molecule has 1 aromatic carbocycles. The molecule has 142 valence electrons. The second kappa shape index (κ2) is 10.6. The molecule has 0 bridgehead atoms. The van der Waals surface area contributed by atoms with Crippen molar-refractivity contribution < 1.29 is 9.53 Å². The van der Waals surface area contributed by atoms with Crippen LogP contribution in [0.3, 0.4) is 0 Å². The lowest BCUT2D eigenvalue weighted by molar-refractivity contribution is -0.140. The molecule has 0 fully saturated rings. The van der Waals surface area contributed by atoms with E-state index in [1.54, 1.807) is 0 Å². The molecule has 0 amide bonds. The molecular formula is C23H38O2. The summed E-state index contributed by atoms with van der Waals surface area (Å²) in [6.45, 7) is 11.5. The van der Waals surface area contributed by atoms with Gasteiger partial charge in [0.1, 0.15) is 5.60 Å². The summed E-state index contributed by atoms with van der Waals surface area (Å²) >= 11 is 0. The fourth-order valence-corrected chi connectivity index (χ4v) is 3.17. The largest absolute Gasteiger partial charge is 0.462 e. The molecule has 0 saturated heterocycles. The molecule has 2 heteroatoms. The summed E-state index contributed by atoms with van der Waals surface area (Å²) < 4.78 is 5.11. The van der Waals surface area contributed by atoms with Crippen molar-refractivity contribution >= 4 is 6.47 Å². The molecule has 0 spiro atoms. The fourth-order valence-electron chi connectivity index (χ4n) is 3.17. The summed E-state index contributed by atoms with van der Waals surface area (Å²) in [6, 6.07) is 9.06. The molecule has 2 nitrogen and oxygen atoms in total. The molecule has 0 heterocycles. The van der Waals surface area contributed by atoms with Gasteiger partial charge < -0.3 is 4.74 Å². The summed E-state index contributed by atoms with van der Waals surface area (Å²) in [5, 5.41) is 0. The maximum atomic E-state index is 10.5. The zero-order valence-corrected chi connectivity index (χ0v) is 17.1. The summed E-state index contributed by atoms with van der Waals surface area (Å²) in [7, 11) is 0. The van der Waals surface area contributed by atoms with Crippen molar-refractivity contribution in [3.63, 3.8) is 0 Å². The van der Waals surface area contributed by atoms with Crippen molar-refractivity contribution in [2.75, 3.05) is 0 Å². The van der Waals surface area contributed by atoms with Crippen LogP contribution >= 0.6 is 0 Å². The smallest absolute Gasteiger partial charge is 0.293 e. The van der Waals surface area contributed by atoms with Gasteiger partial charge in [-0.15, -0.1) is 0 Å². The van der Waals surface area contributed by atoms with Gasteiger partial charge in [0.15, 0.2) is 0 Å². The van der Waals surface area contributed by atoms with E-state index in [9.17, 15) is 4.79 Å². The molecule has 0 unspecified atom stereocenters. The number of carbonyl (C=O) groups excluding carboxylic acids is 1. The predicted octanol–water partition coefficient (Wildman–Crippen LogP) is 6.50. The highest BCUT2D eigenvalue weighted by atomic mass is 16.5. The molecular weight excluding hydrogens is 308 g/mol. The van der Waals surface area contributed by atoms with Gasteiger partial charge in [-0.2, -0.15) is 0 Å². The van der Waals surface area contributed by atoms with E-state index >= 15 is 0 Å². The van der Waals surface area contributed by atoms with Gasteiger partial charge in [-0.1, -0.05) is 57.9 Å². The maximum absolute atomic E-state index is 10.5. The van der Waals surface area contributed by atoms with Gasteiger partial charge in [0.2, 0.25) is 0 Å². The minimum Gasteiger partial charge on any atom is -0.462 e. The first-order chi connectivity index (χ1) is 11.7. The van der Waals surface area contributed by atoms with E-state index in [2.05, 4.69) is 45.0 Å². The zero-order valence-electron chi connectivity index (χ0n) is 17.1. The molecule has 25 heavy (non-hydrogen) atoms. The van der Waals surface area contributed by atoms with Gasteiger partial charge in [-0.25, -0.2) is 0 Å². The third-order valence-electron chi connectivity index (χ3n) is 4.75. The second-order valence-corrected chi connectivity index (χ2v) is 9.12. The third kappa shape index (κ3) is 11.0. The number of carbonyl (C=O) groups is 1. The van der Waals surface area contributed by atoms with E-state index in [0.717, 1.165) is 25.7 Å². The molecule has 0 radical (unpaired) electrons. The summed E-state index contributed by atoms with van der Waals surface area (Å²) in [4.78, 5) is 10.5. The van der Waals surface area contributed by atoms with Gasteiger partial charge in [-0.05, 0) is 75.3 Å². The van der Waals surface area contributed by atoms with Crippen LogP contribution in [0.25, 0.3) is 0 Å². The highest BCUT2D eigenvalue weighted by Crippen LogP contribution is 2.23. The molecule has 0 aliphatic heterocycles. The quantitative estimate of drug-likeness (QED) is 0.319. The topological polar surface area (TPSA) is 26.3 Å². The van der Waals surface area contributed by atoms with Crippen LogP contribution in [0.4, 0.5) is 0 Å². The van der Waals surface area contributed by atoms with Crippen molar-refractivity contribution in [1.29, 1.82) is 0 Å². The summed E-state index contributed by atoms with van der Waals surface area (Å²) in [5.41, 5.74) is 3.03. The minimum absolute atomic E-state index is 0.337. The van der Waals surface area contributed by atoms with Gasteiger partial charge in [0.05, 0.1) is 0 Å². The first-order valence-electron chi connectivity index (χ1n) is 9.91. The van der Waals surface area contributed by atoms with Crippen molar-refractivity contribution in [3.8, 4) is 0 Å². The monoisotopic (exact) mass is 346 g/mol. The van der Waals surface area contributed by atoms with Gasteiger partial charge in [-0.3, -0.25) is 4.79 Å². The molecule has 0 atom stereocenters. The average molecular weight is 347 g/mol. The van der Waals surface area contributed by atoms with Crippen LogP contribution in [0, 0.1) is 5.41 Å². The Labute approximate surface area is 155 Å². The Morgan fingerprint density at radius 3 is 1.96 bits per heavy atom. The molecule has 0 aliphatic rings. The number of benzene rings is 1. The van der Waals surface area contributed by atoms with Crippen LogP contribution in [-0.2, 0) is 22.4 Å². The summed E-state index contributed by atoms with van der Waals surface area (Å²) in [5.74, 6) is 0. The Morgan fingerprint density at radius 2 is 1.40 bits per heavy atom. The second-order valence-electron chi connectivity index (χ2n) is 9.12. The Kier molecular flexibility index (Phi) is 9.24. The normalized spacial score (nSPS) is 12.2. The average Bonchev–Trinajstić information content (AvgIpc) is 2.50. The van der Waals surface area contributed by atoms with Gasteiger partial charge >= 0.3 is 0 Å². The maximum Gasteiger partial charge on any atom is 0.293 e. The standard InChI is InChI=1S/C23H38O2/c1-22(2,3)16-9-6-7-12-20-14-11-15-21(18-20)13-8-10-17-23(4,5)25-19-24/h11,14-15,18-19H,6-10,12-13,16-17H2,1-5H3. The van der Waals surface area contributed by atoms with Crippen LogP contribution in [0.15, 0.2) is 24.3 Å². The number of rotatable bonds is 12. The highest BCUT2D eigenvalue weighted by molar-refractivity contribution is 5.38. The number of hydrogen-bond donors (Lipinski definition) is 0. The molecule has 0 saturated carbocycles. The Hall–Kier alpha value is -1.31. The SMILES string of the molecule is CC(C)(C)CCCCCc1cccc(CCCCC(C)(C)OC=O)c1.